The fraction of sp³-hybridized carbons (Fsp3) is 0.600. The molecule has 19 heavy (non-hydrogen) atoms. The zero-order chi connectivity index (χ0) is 13.8. The molecule has 1 aliphatic rings. The highest BCUT2D eigenvalue weighted by Crippen LogP contribution is 2.29. The van der Waals surface area contributed by atoms with Crippen LogP contribution in [0.25, 0.3) is 0 Å². The van der Waals surface area contributed by atoms with Crippen LogP contribution in [0.5, 0.6) is 0 Å². The van der Waals surface area contributed by atoms with E-state index in [4.69, 9.17) is 28.9 Å². The SMILES string of the molecule is CCN(Cc1cccc(Cl)c1Cl)C1CCC(N)CC1. The Labute approximate surface area is 125 Å². The lowest BCUT2D eigenvalue weighted by Crippen LogP contribution is -2.40. The fourth-order valence-corrected chi connectivity index (χ4v) is 3.24. The predicted molar refractivity (Wildman–Crippen MR) is 82.8 cm³/mol. The van der Waals surface area contributed by atoms with Crippen LogP contribution in [0.15, 0.2) is 18.2 Å². The molecular formula is C15H22Cl2N2. The van der Waals surface area contributed by atoms with Gasteiger partial charge < -0.3 is 5.73 Å². The first-order valence-electron chi connectivity index (χ1n) is 7.04. The molecule has 1 saturated carbocycles. The van der Waals surface area contributed by atoms with Crippen LogP contribution >= 0.6 is 23.2 Å². The standard InChI is InChI=1S/C15H22Cl2N2/c1-2-19(13-8-6-12(18)7-9-13)10-11-4-3-5-14(16)15(11)17/h3-5,12-13H,2,6-10,18H2,1H3. The van der Waals surface area contributed by atoms with Gasteiger partial charge in [-0.1, -0.05) is 42.3 Å². The normalized spacial score (nSPS) is 23.8. The molecule has 0 unspecified atom stereocenters. The zero-order valence-electron chi connectivity index (χ0n) is 11.4. The highest BCUT2D eigenvalue weighted by molar-refractivity contribution is 6.42. The topological polar surface area (TPSA) is 29.3 Å². The number of nitrogens with two attached hydrogens (primary N) is 1. The summed E-state index contributed by atoms with van der Waals surface area (Å²) in [5.41, 5.74) is 7.09. The summed E-state index contributed by atoms with van der Waals surface area (Å²) in [4.78, 5) is 2.49. The van der Waals surface area contributed by atoms with Crippen molar-refractivity contribution in [1.29, 1.82) is 0 Å². The van der Waals surface area contributed by atoms with Crippen molar-refractivity contribution in [3.63, 3.8) is 0 Å². The minimum absolute atomic E-state index is 0.393. The largest absolute Gasteiger partial charge is 0.328 e. The van der Waals surface area contributed by atoms with Gasteiger partial charge in [-0.05, 0) is 43.9 Å². The van der Waals surface area contributed by atoms with E-state index in [9.17, 15) is 0 Å². The van der Waals surface area contributed by atoms with E-state index in [1.165, 1.54) is 12.8 Å². The molecule has 1 aromatic rings. The Morgan fingerprint density at radius 1 is 1.21 bits per heavy atom. The van der Waals surface area contributed by atoms with Crippen LogP contribution in [0.4, 0.5) is 0 Å². The second-order valence-electron chi connectivity index (χ2n) is 5.34. The molecule has 0 aromatic heterocycles. The monoisotopic (exact) mass is 300 g/mol. The second kappa shape index (κ2) is 6.94. The van der Waals surface area contributed by atoms with Crippen LogP contribution < -0.4 is 5.73 Å². The fourth-order valence-electron chi connectivity index (χ4n) is 2.86. The zero-order valence-corrected chi connectivity index (χ0v) is 12.9. The second-order valence-corrected chi connectivity index (χ2v) is 6.13. The first-order chi connectivity index (χ1) is 9.11. The van der Waals surface area contributed by atoms with Crippen molar-refractivity contribution in [2.24, 2.45) is 5.73 Å². The molecule has 0 bridgehead atoms. The molecule has 0 atom stereocenters. The Morgan fingerprint density at radius 3 is 2.53 bits per heavy atom. The predicted octanol–water partition coefficient (Wildman–Crippen LogP) is 4.09. The summed E-state index contributed by atoms with van der Waals surface area (Å²) in [6.45, 7) is 4.10. The van der Waals surface area contributed by atoms with Gasteiger partial charge in [0.15, 0.2) is 0 Å². The molecule has 1 aromatic carbocycles. The molecule has 0 aliphatic heterocycles. The minimum atomic E-state index is 0.393. The quantitative estimate of drug-likeness (QED) is 0.907. The smallest absolute Gasteiger partial charge is 0.0637 e. The van der Waals surface area contributed by atoms with Gasteiger partial charge in [-0.3, -0.25) is 4.90 Å². The molecular weight excluding hydrogens is 279 g/mol. The molecule has 2 rings (SSSR count). The van der Waals surface area contributed by atoms with Gasteiger partial charge in [0.05, 0.1) is 10.0 Å². The Balaban J connectivity index is 2.04. The minimum Gasteiger partial charge on any atom is -0.328 e. The molecule has 0 saturated heterocycles. The van der Waals surface area contributed by atoms with Crippen LogP contribution in [-0.4, -0.2) is 23.5 Å². The van der Waals surface area contributed by atoms with Gasteiger partial charge in [0.1, 0.15) is 0 Å². The van der Waals surface area contributed by atoms with Crippen molar-refractivity contribution in [2.75, 3.05) is 6.54 Å². The lowest BCUT2D eigenvalue weighted by Gasteiger charge is -2.35. The number of hydrogen-bond acceptors (Lipinski definition) is 2. The van der Waals surface area contributed by atoms with E-state index in [1.54, 1.807) is 0 Å². The average Bonchev–Trinajstić information content (AvgIpc) is 2.42. The maximum atomic E-state index is 6.28. The third-order valence-corrected chi connectivity index (χ3v) is 4.93. The van der Waals surface area contributed by atoms with E-state index in [1.807, 2.05) is 12.1 Å². The number of hydrogen-bond donors (Lipinski definition) is 1. The van der Waals surface area contributed by atoms with Crippen LogP contribution in [-0.2, 0) is 6.54 Å². The van der Waals surface area contributed by atoms with Gasteiger partial charge in [0.25, 0.3) is 0 Å². The van der Waals surface area contributed by atoms with E-state index in [0.29, 0.717) is 22.1 Å². The Morgan fingerprint density at radius 2 is 1.89 bits per heavy atom. The number of rotatable bonds is 4. The van der Waals surface area contributed by atoms with Crippen LogP contribution in [0, 0.1) is 0 Å². The van der Waals surface area contributed by atoms with Crippen molar-refractivity contribution in [1.82, 2.24) is 4.90 Å². The third kappa shape index (κ3) is 3.85. The third-order valence-electron chi connectivity index (χ3n) is 4.07. The summed E-state index contributed by atoms with van der Waals surface area (Å²) >= 11 is 12.4. The number of benzene rings is 1. The first-order valence-corrected chi connectivity index (χ1v) is 7.80. The van der Waals surface area contributed by atoms with Crippen LogP contribution in [0.3, 0.4) is 0 Å². The van der Waals surface area contributed by atoms with Crippen molar-refractivity contribution in [3.8, 4) is 0 Å². The lowest BCUT2D eigenvalue weighted by molar-refractivity contribution is 0.149. The van der Waals surface area contributed by atoms with Crippen molar-refractivity contribution < 1.29 is 0 Å². The van der Waals surface area contributed by atoms with E-state index < -0.39 is 0 Å². The highest BCUT2D eigenvalue weighted by atomic mass is 35.5. The molecule has 0 spiro atoms. The molecule has 106 valence electrons. The maximum absolute atomic E-state index is 6.28. The molecule has 1 fully saturated rings. The van der Waals surface area contributed by atoms with E-state index in [2.05, 4.69) is 17.9 Å². The van der Waals surface area contributed by atoms with E-state index in [-0.39, 0.29) is 0 Å². The van der Waals surface area contributed by atoms with Crippen LogP contribution in [0.1, 0.15) is 38.2 Å². The summed E-state index contributed by atoms with van der Waals surface area (Å²) in [5.74, 6) is 0. The number of halogens is 2. The average molecular weight is 301 g/mol. The van der Waals surface area contributed by atoms with Gasteiger partial charge in [-0.15, -0.1) is 0 Å². The van der Waals surface area contributed by atoms with Gasteiger partial charge in [-0.2, -0.15) is 0 Å². The van der Waals surface area contributed by atoms with E-state index in [0.717, 1.165) is 31.5 Å². The molecule has 0 radical (unpaired) electrons. The lowest BCUT2D eigenvalue weighted by atomic mass is 9.90. The van der Waals surface area contributed by atoms with Gasteiger partial charge >= 0.3 is 0 Å². The van der Waals surface area contributed by atoms with Crippen molar-refractivity contribution >= 4 is 23.2 Å². The van der Waals surface area contributed by atoms with Gasteiger partial charge in [-0.25, -0.2) is 0 Å². The molecule has 0 amide bonds. The van der Waals surface area contributed by atoms with E-state index >= 15 is 0 Å². The summed E-state index contributed by atoms with van der Waals surface area (Å²) in [7, 11) is 0. The summed E-state index contributed by atoms with van der Waals surface area (Å²) < 4.78 is 0. The highest BCUT2D eigenvalue weighted by Gasteiger charge is 2.23. The van der Waals surface area contributed by atoms with Crippen molar-refractivity contribution in [3.05, 3.63) is 33.8 Å². The molecule has 0 heterocycles. The summed E-state index contributed by atoms with van der Waals surface area (Å²) in [6, 6.07) is 6.88. The molecule has 1 aliphatic carbocycles. The molecule has 4 heteroatoms. The van der Waals surface area contributed by atoms with Gasteiger partial charge in [0.2, 0.25) is 0 Å². The number of nitrogens with zero attached hydrogens (tertiary/aromatic N) is 1. The van der Waals surface area contributed by atoms with Crippen molar-refractivity contribution in [2.45, 2.75) is 51.2 Å². The maximum Gasteiger partial charge on any atom is 0.0637 e. The summed E-state index contributed by atoms with van der Waals surface area (Å²) in [5, 5.41) is 1.33. The molecule has 2 nitrogen and oxygen atoms in total. The Kier molecular flexibility index (Phi) is 5.52. The van der Waals surface area contributed by atoms with Gasteiger partial charge in [0, 0.05) is 18.6 Å². The Hall–Kier alpha value is -0.280. The van der Waals surface area contributed by atoms with Crippen LogP contribution in [0.2, 0.25) is 10.0 Å². The summed E-state index contributed by atoms with van der Waals surface area (Å²) in [6.07, 6.45) is 4.63. The Bertz CT molecular complexity index is 415. The molecule has 2 N–H and O–H groups in total. The first kappa shape index (κ1) is 15.1.